The summed E-state index contributed by atoms with van der Waals surface area (Å²) in [6.45, 7) is 1.95. The Balaban J connectivity index is 1.79. The molecule has 1 saturated heterocycles. The van der Waals surface area contributed by atoms with Crippen LogP contribution in [0.3, 0.4) is 0 Å². The number of carbonyl (C=O) groups is 2. The first kappa shape index (κ1) is 15.4. The molecular formula is C15H19FN2O3. The molecule has 1 aromatic rings. The molecule has 0 aromatic heterocycles. The number of likely N-dealkylation sites (tertiary alicyclic amines) is 1. The number of rotatable bonds is 5. The van der Waals surface area contributed by atoms with E-state index >= 15 is 0 Å². The highest BCUT2D eigenvalue weighted by molar-refractivity contribution is 5.92. The fourth-order valence-corrected chi connectivity index (χ4v) is 2.48. The number of nitrogens with one attached hydrogen (secondary N) is 1. The fourth-order valence-electron chi connectivity index (χ4n) is 2.48. The van der Waals surface area contributed by atoms with Gasteiger partial charge in [-0.15, -0.1) is 0 Å². The molecule has 5 nitrogen and oxygen atoms in total. The van der Waals surface area contributed by atoms with Crippen molar-refractivity contribution in [3.8, 4) is 0 Å². The molecule has 21 heavy (non-hydrogen) atoms. The number of benzene rings is 1. The predicted molar refractivity (Wildman–Crippen MR) is 76.4 cm³/mol. The highest BCUT2D eigenvalue weighted by atomic mass is 19.1. The summed E-state index contributed by atoms with van der Waals surface area (Å²) in [4.78, 5) is 24.7. The van der Waals surface area contributed by atoms with Gasteiger partial charge in [0.15, 0.2) is 0 Å². The average molecular weight is 294 g/mol. The minimum Gasteiger partial charge on any atom is -0.481 e. The van der Waals surface area contributed by atoms with Crippen molar-refractivity contribution in [3.05, 3.63) is 30.1 Å². The van der Waals surface area contributed by atoms with Gasteiger partial charge in [-0.25, -0.2) is 4.39 Å². The maximum absolute atomic E-state index is 13.1. The molecular weight excluding hydrogens is 275 g/mol. The first-order valence-electron chi connectivity index (χ1n) is 7.05. The van der Waals surface area contributed by atoms with E-state index in [0.29, 0.717) is 38.2 Å². The SMILES string of the molecule is O=C(O)CCN1CCC(C(=O)Nc2cccc(F)c2)CC1. The molecule has 0 aliphatic carbocycles. The zero-order chi connectivity index (χ0) is 15.2. The van der Waals surface area contributed by atoms with E-state index in [1.807, 2.05) is 0 Å². The van der Waals surface area contributed by atoms with Crippen LogP contribution in [0, 0.1) is 11.7 Å². The topological polar surface area (TPSA) is 69.6 Å². The smallest absolute Gasteiger partial charge is 0.304 e. The third-order valence-electron chi connectivity index (χ3n) is 3.69. The largest absolute Gasteiger partial charge is 0.481 e. The van der Waals surface area contributed by atoms with Crippen LogP contribution in [0.5, 0.6) is 0 Å². The number of hydrogen-bond acceptors (Lipinski definition) is 3. The second-order valence-electron chi connectivity index (χ2n) is 5.26. The van der Waals surface area contributed by atoms with Crippen LogP contribution in [0.4, 0.5) is 10.1 Å². The molecule has 6 heteroatoms. The Hall–Kier alpha value is -1.95. The summed E-state index contributed by atoms with van der Waals surface area (Å²) in [6, 6.07) is 5.83. The zero-order valence-electron chi connectivity index (χ0n) is 11.7. The van der Waals surface area contributed by atoms with E-state index in [4.69, 9.17) is 5.11 Å². The molecule has 0 unspecified atom stereocenters. The molecule has 1 amide bonds. The van der Waals surface area contributed by atoms with Gasteiger partial charge in [0.05, 0.1) is 6.42 Å². The minimum absolute atomic E-state index is 0.0986. The van der Waals surface area contributed by atoms with Gasteiger partial charge in [0.1, 0.15) is 5.82 Å². The Labute approximate surface area is 122 Å². The molecule has 0 bridgehead atoms. The molecule has 0 spiro atoms. The van der Waals surface area contributed by atoms with Crippen molar-refractivity contribution in [2.45, 2.75) is 19.3 Å². The number of carboxylic acid groups (broad SMARTS) is 1. The zero-order valence-corrected chi connectivity index (χ0v) is 11.7. The third-order valence-corrected chi connectivity index (χ3v) is 3.69. The Kier molecular flexibility index (Phi) is 5.27. The molecule has 0 saturated carbocycles. The number of hydrogen-bond donors (Lipinski definition) is 2. The van der Waals surface area contributed by atoms with Crippen molar-refractivity contribution in [3.63, 3.8) is 0 Å². The number of carbonyl (C=O) groups excluding carboxylic acids is 1. The van der Waals surface area contributed by atoms with Crippen molar-refractivity contribution in [2.75, 3.05) is 25.0 Å². The number of piperidine rings is 1. The summed E-state index contributed by atoms with van der Waals surface area (Å²) >= 11 is 0. The van der Waals surface area contributed by atoms with Crippen LogP contribution in [-0.2, 0) is 9.59 Å². The van der Waals surface area contributed by atoms with Gasteiger partial charge >= 0.3 is 5.97 Å². The fraction of sp³-hybridized carbons (Fsp3) is 0.467. The number of amides is 1. The lowest BCUT2D eigenvalue weighted by molar-refractivity contribution is -0.137. The molecule has 0 atom stereocenters. The second kappa shape index (κ2) is 7.17. The van der Waals surface area contributed by atoms with Crippen LogP contribution in [0.25, 0.3) is 0 Å². The summed E-state index contributed by atoms with van der Waals surface area (Å²) < 4.78 is 13.1. The average Bonchev–Trinajstić information content (AvgIpc) is 2.45. The van der Waals surface area contributed by atoms with E-state index in [1.165, 1.54) is 12.1 Å². The molecule has 0 radical (unpaired) electrons. The summed E-state index contributed by atoms with van der Waals surface area (Å²) in [5.41, 5.74) is 0.466. The quantitative estimate of drug-likeness (QED) is 0.871. The van der Waals surface area contributed by atoms with Crippen LogP contribution < -0.4 is 5.32 Å². The monoisotopic (exact) mass is 294 g/mol. The van der Waals surface area contributed by atoms with Gasteiger partial charge in [-0.2, -0.15) is 0 Å². The molecule has 1 aromatic carbocycles. The van der Waals surface area contributed by atoms with E-state index < -0.39 is 5.97 Å². The summed E-state index contributed by atoms with van der Waals surface area (Å²) in [5.74, 6) is -1.38. The van der Waals surface area contributed by atoms with Crippen LogP contribution in [0.2, 0.25) is 0 Å². The Morgan fingerprint density at radius 1 is 1.33 bits per heavy atom. The molecule has 1 aliphatic heterocycles. The molecule has 2 N–H and O–H groups in total. The maximum atomic E-state index is 13.1. The Morgan fingerprint density at radius 2 is 2.05 bits per heavy atom. The predicted octanol–water partition coefficient (Wildman–Crippen LogP) is 1.95. The highest BCUT2D eigenvalue weighted by Crippen LogP contribution is 2.20. The maximum Gasteiger partial charge on any atom is 0.304 e. The van der Waals surface area contributed by atoms with E-state index in [1.54, 1.807) is 12.1 Å². The summed E-state index contributed by atoms with van der Waals surface area (Å²) in [5, 5.41) is 11.4. The number of carboxylic acids is 1. The van der Waals surface area contributed by atoms with Gasteiger partial charge in [0.25, 0.3) is 0 Å². The van der Waals surface area contributed by atoms with Gasteiger partial charge < -0.3 is 15.3 Å². The second-order valence-corrected chi connectivity index (χ2v) is 5.26. The van der Waals surface area contributed by atoms with Gasteiger partial charge in [0, 0.05) is 18.2 Å². The molecule has 1 aliphatic rings. The standard InChI is InChI=1S/C15H19FN2O3/c16-12-2-1-3-13(10-12)17-15(21)11-4-7-18(8-5-11)9-6-14(19)20/h1-3,10-11H,4-9H2,(H,17,21)(H,19,20). The van der Waals surface area contributed by atoms with Crippen LogP contribution in [0.15, 0.2) is 24.3 Å². The lowest BCUT2D eigenvalue weighted by Gasteiger charge is -2.30. The van der Waals surface area contributed by atoms with Gasteiger partial charge in [0.2, 0.25) is 5.91 Å². The number of aliphatic carboxylic acids is 1. The van der Waals surface area contributed by atoms with Gasteiger partial charge in [-0.05, 0) is 44.1 Å². The van der Waals surface area contributed by atoms with E-state index in [0.717, 1.165) is 0 Å². The molecule has 114 valence electrons. The number of anilines is 1. The van der Waals surface area contributed by atoms with Crippen LogP contribution >= 0.6 is 0 Å². The van der Waals surface area contributed by atoms with Gasteiger partial charge in [-0.1, -0.05) is 6.07 Å². The lowest BCUT2D eigenvalue weighted by Crippen LogP contribution is -2.39. The molecule has 1 fully saturated rings. The normalized spacial score (nSPS) is 16.6. The molecule has 2 rings (SSSR count). The van der Waals surface area contributed by atoms with Gasteiger partial charge in [-0.3, -0.25) is 9.59 Å². The lowest BCUT2D eigenvalue weighted by atomic mass is 9.95. The van der Waals surface area contributed by atoms with Crippen LogP contribution in [0.1, 0.15) is 19.3 Å². The summed E-state index contributed by atoms with van der Waals surface area (Å²) in [6.07, 6.45) is 1.52. The first-order valence-corrected chi connectivity index (χ1v) is 7.05. The first-order chi connectivity index (χ1) is 10.0. The van der Waals surface area contributed by atoms with E-state index in [2.05, 4.69) is 10.2 Å². The number of halogens is 1. The van der Waals surface area contributed by atoms with Crippen molar-refractivity contribution in [1.29, 1.82) is 0 Å². The van der Waals surface area contributed by atoms with Crippen LogP contribution in [-0.4, -0.2) is 41.5 Å². The third kappa shape index (κ3) is 4.82. The molecule has 1 heterocycles. The van der Waals surface area contributed by atoms with Crippen molar-refractivity contribution >= 4 is 17.6 Å². The number of nitrogens with zero attached hydrogens (tertiary/aromatic N) is 1. The summed E-state index contributed by atoms with van der Waals surface area (Å²) in [7, 11) is 0. The van der Waals surface area contributed by atoms with Crippen molar-refractivity contribution < 1.29 is 19.1 Å². The van der Waals surface area contributed by atoms with E-state index in [9.17, 15) is 14.0 Å². The van der Waals surface area contributed by atoms with E-state index in [-0.39, 0.29) is 24.1 Å². The Bertz CT molecular complexity index is 513. The minimum atomic E-state index is -0.805. The Morgan fingerprint density at radius 3 is 2.67 bits per heavy atom. The van der Waals surface area contributed by atoms with Crippen molar-refractivity contribution in [2.24, 2.45) is 5.92 Å². The van der Waals surface area contributed by atoms with Crippen molar-refractivity contribution in [1.82, 2.24) is 4.90 Å². The highest BCUT2D eigenvalue weighted by Gasteiger charge is 2.25.